The molecule has 0 aliphatic rings. The molecule has 0 aromatic carbocycles. The van der Waals surface area contributed by atoms with E-state index >= 15 is 0 Å². The number of hydrogen-bond acceptors (Lipinski definition) is 3. The highest BCUT2D eigenvalue weighted by Gasteiger charge is 2.41. The fourth-order valence-electron chi connectivity index (χ4n) is 1.44. The van der Waals surface area contributed by atoms with Gasteiger partial charge in [-0.3, -0.25) is 4.79 Å². The average molecular weight is 265 g/mol. The number of carboxylic acids is 1. The van der Waals surface area contributed by atoms with Gasteiger partial charge >= 0.3 is 5.97 Å². The molecule has 0 aliphatic carbocycles. The van der Waals surface area contributed by atoms with Crippen molar-refractivity contribution in [3.05, 3.63) is 0 Å². The summed E-state index contributed by atoms with van der Waals surface area (Å²) in [5.74, 6) is -1.07. The van der Waals surface area contributed by atoms with E-state index in [9.17, 15) is 18.3 Å². The second-order valence-corrected chi connectivity index (χ2v) is 8.39. The Bertz CT molecular complexity index is 381. The first kappa shape index (κ1) is 16.4. The Kier molecular flexibility index (Phi) is 4.76. The Morgan fingerprint density at radius 2 is 1.65 bits per heavy atom. The van der Waals surface area contributed by atoms with E-state index < -0.39 is 26.3 Å². The largest absolute Gasteiger partial charge is 0.480 e. The Labute approximate surface area is 104 Å². The molecule has 0 fully saturated rings. The molecule has 0 spiro atoms. The molecule has 0 aromatic rings. The minimum Gasteiger partial charge on any atom is -0.480 e. The van der Waals surface area contributed by atoms with Crippen LogP contribution in [-0.4, -0.2) is 29.8 Å². The molecular weight excluding hydrogens is 242 g/mol. The average Bonchev–Trinajstić information content (AvgIpc) is 1.97. The van der Waals surface area contributed by atoms with Crippen molar-refractivity contribution in [3.63, 3.8) is 0 Å². The van der Waals surface area contributed by atoms with Crippen LogP contribution in [-0.2, 0) is 14.8 Å². The van der Waals surface area contributed by atoms with Gasteiger partial charge in [0.1, 0.15) is 5.54 Å². The Balaban J connectivity index is 5.23. The zero-order valence-electron chi connectivity index (χ0n) is 11.4. The second-order valence-electron chi connectivity index (χ2n) is 5.95. The first-order valence-electron chi connectivity index (χ1n) is 5.59. The number of nitrogens with one attached hydrogen (secondary N) is 1. The molecule has 6 heteroatoms. The molecule has 0 unspecified atom stereocenters. The van der Waals surface area contributed by atoms with Gasteiger partial charge in [-0.15, -0.1) is 0 Å². The van der Waals surface area contributed by atoms with Gasteiger partial charge in [0.15, 0.2) is 0 Å². The van der Waals surface area contributed by atoms with E-state index in [1.165, 1.54) is 27.7 Å². The summed E-state index contributed by atoms with van der Waals surface area (Å²) >= 11 is 0. The van der Waals surface area contributed by atoms with Crippen molar-refractivity contribution in [3.8, 4) is 0 Å². The van der Waals surface area contributed by atoms with Gasteiger partial charge in [-0.2, -0.15) is 4.72 Å². The molecule has 102 valence electrons. The predicted molar refractivity (Wildman–Crippen MR) is 67.3 cm³/mol. The summed E-state index contributed by atoms with van der Waals surface area (Å²) in [4.78, 5) is 11.2. The summed E-state index contributed by atoms with van der Waals surface area (Å²) in [6.07, 6.45) is 0.248. The van der Waals surface area contributed by atoms with Gasteiger partial charge in [-0.1, -0.05) is 13.8 Å². The van der Waals surface area contributed by atoms with Gasteiger partial charge in [0.2, 0.25) is 10.0 Å². The van der Waals surface area contributed by atoms with Crippen LogP contribution >= 0.6 is 0 Å². The molecule has 0 bridgehead atoms. The van der Waals surface area contributed by atoms with Crippen LogP contribution in [0, 0.1) is 5.92 Å². The van der Waals surface area contributed by atoms with Crippen LogP contribution in [0.15, 0.2) is 0 Å². The van der Waals surface area contributed by atoms with Gasteiger partial charge in [-0.25, -0.2) is 8.42 Å². The standard InChI is InChI=1S/C11H23NO4S/c1-8(2)7-11(6,9(13)14)12-17(15,16)10(3,4)5/h8,12H,7H2,1-6H3,(H,13,14)/t11-/m1/s1. The third-order valence-corrected chi connectivity index (χ3v) is 4.79. The highest BCUT2D eigenvalue weighted by Crippen LogP contribution is 2.22. The van der Waals surface area contributed by atoms with Gasteiger partial charge in [-0.05, 0) is 40.0 Å². The lowest BCUT2D eigenvalue weighted by atomic mass is 9.92. The van der Waals surface area contributed by atoms with Gasteiger partial charge < -0.3 is 5.11 Å². The molecule has 0 radical (unpaired) electrons. The number of carboxylic acid groups (broad SMARTS) is 1. The lowest BCUT2D eigenvalue weighted by Crippen LogP contribution is -2.56. The molecular formula is C11H23NO4S. The van der Waals surface area contributed by atoms with Crippen molar-refractivity contribution in [1.29, 1.82) is 0 Å². The lowest BCUT2D eigenvalue weighted by Gasteiger charge is -2.31. The van der Waals surface area contributed by atoms with Crippen molar-refractivity contribution in [2.45, 2.75) is 58.2 Å². The van der Waals surface area contributed by atoms with E-state index in [1.54, 1.807) is 0 Å². The summed E-state index contributed by atoms with van der Waals surface area (Å²) in [6.45, 7) is 9.71. The Morgan fingerprint density at radius 1 is 1.24 bits per heavy atom. The maximum atomic E-state index is 12.0. The van der Waals surface area contributed by atoms with Crippen LogP contribution in [0.5, 0.6) is 0 Å². The molecule has 2 N–H and O–H groups in total. The van der Waals surface area contributed by atoms with Gasteiger partial charge in [0.25, 0.3) is 0 Å². The third-order valence-electron chi connectivity index (χ3n) is 2.45. The quantitative estimate of drug-likeness (QED) is 0.790. The summed E-state index contributed by atoms with van der Waals surface area (Å²) in [6, 6.07) is 0. The lowest BCUT2D eigenvalue weighted by molar-refractivity contribution is -0.144. The number of sulfonamides is 1. The highest BCUT2D eigenvalue weighted by atomic mass is 32.2. The van der Waals surface area contributed by atoms with E-state index in [-0.39, 0.29) is 12.3 Å². The number of hydrogen-bond donors (Lipinski definition) is 2. The van der Waals surface area contributed by atoms with Gasteiger partial charge in [0.05, 0.1) is 4.75 Å². The van der Waals surface area contributed by atoms with Crippen molar-refractivity contribution in [2.24, 2.45) is 5.92 Å². The van der Waals surface area contributed by atoms with Crippen molar-refractivity contribution in [2.75, 3.05) is 0 Å². The van der Waals surface area contributed by atoms with E-state index in [0.29, 0.717) is 0 Å². The number of rotatable bonds is 5. The molecule has 1 atom stereocenters. The Morgan fingerprint density at radius 3 is 1.88 bits per heavy atom. The van der Waals surface area contributed by atoms with E-state index in [0.717, 1.165) is 0 Å². The fraction of sp³-hybridized carbons (Fsp3) is 0.909. The molecule has 5 nitrogen and oxygen atoms in total. The zero-order chi connectivity index (χ0) is 14.1. The van der Waals surface area contributed by atoms with Crippen LogP contribution in [0.25, 0.3) is 0 Å². The summed E-state index contributed by atoms with van der Waals surface area (Å²) in [5, 5.41) is 9.18. The van der Waals surface area contributed by atoms with Crippen LogP contribution in [0.2, 0.25) is 0 Å². The first-order chi connectivity index (χ1) is 7.32. The highest BCUT2D eigenvalue weighted by molar-refractivity contribution is 7.90. The van der Waals surface area contributed by atoms with E-state index in [1.807, 2.05) is 13.8 Å². The molecule has 0 aliphatic heterocycles. The van der Waals surface area contributed by atoms with Crippen LogP contribution in [0.4, 0.5) is 0 Å². The van der Waals surface area contributed by atoms with Crippen molar-refractivity contribution in [1.82, 2.24) is 4.72 Å². The zero-order valence-corrected chi connectivity index (χ0v) is 12.2. The predicted octanol–water partition coefficient (Wildman–Crippen LogP) is 1.59. The molecule has 0 amide bonds. The first-order valence-corrected chi connectivity index (χ1v) is 7.07. The Hall–Kier alpha value is -0.620. The maximum Gasteiger partial charge on any atom is 0.324 e. The normalized spacial score (nSPS) is 16.9. The summed E-state index contributed by atoms with van der Waals surface area (Å²) in [5.41, 5.74) is -1.46. The molecule has 0 saturated carbocycles. The van der Waals surface area contributed by atoms with Crippen molar-refractivity contribution >= 4 is 16.0 Å². The third kappa shape index (κ3) is 4.27. The molecule has 17 heavy (non-hydrogen) atoms. The smallest absolute Gasteiger partial charge is 0.324 e. The van der Waals surface area contributed by atoms with Crippen LogP contribution < -0.4 is 4.72 Å². The van der Waals surface area contributed by atoms with Crippen LogP contribution in [0.3, 0.4) is 0 Å². The van der Waals surface area contributed by atoms with Crippen LogP contribution in [0.1, 0.15) is 48.0 Å². The SMILES string of the molecule is CC(C)C[C@@](C)(NS(=O)(=O)C(C)(C)C)C(=O)O. The van der Waals surface area contributed by atoms with E-state index in [2.05, 4.69) is 4.72 Å². The summed E-state index contributed by atoms with van der Waals surface area (Å²) < 4.78 is 25.2. The second kappa shape index (κ2) is 4.94. The van der Waals surface area contributed by atoms with Gasteiger partial charge in [0, 0.05) is 0 Å². The number of carbonyl (C=O) groups is 1. The minimum absolute atomic E-state index is 0.0822. The van der Waals surface area contributed by atoms with Crippen molar-refractivity contribution < 1.29 is 18.3 Å². The molecule has 0 rings (SSSR count). The number of aliphatic carboxylic acids is 1. The summed E-state index contributed by atoms with van der Waals surface area (Å²) in [7, 11) is -3.68. The fourth-order valence-corrected chi connectivity index (χ4v) is 2.51. The minimum atomic E-state index is -3.68. The van der Waals surface area contributed by atoms with E-state index in [4.69, 9.17) is 0 Å². The molecule has 0 heterocycles. The molecule has 0 aromatic heterocycles. The monoisotopic (exact) mass is 265 g/mol. The topological polar surface area (TPSA) is 83.5 Å². The maximum absolute atomic E-state index is 12.0. The molecule has 0 saturated heterocycles.